The van der Waals surface area contributed by atoms with Crippen LogP contribution in [0.1, 0.15) is 26.2 Å². The molecule has 0 bridgehead atoms. The third-order valence-electron chi connectivity index (χ3n) is 5.00. The van der Waals surface area contributed by atoms with Gasteiger partial charge in [0.25, 0.3) is 0 Å². The van der Waals surface area contributed by atoms with E-state index in [0.29, 0.717) is 0 Å². The Morgan fingerprint density at radius 3 is 1.86 bits per heavy atom. The summed E-state index contributed by atoms with van der Waals surface area (Å²) in [6, 6.07) is 19.5. The topological polar surface area (TPSA) is 37.3 Å². The summed E-state index contributed by atoms with van der Waals surface area (Å²) in [7, 11) is -2.76. The molecule has 0 aliphatic heterocycles. The smallest absolute Gasteiger partial charge is 0.146 e. The van der Waals surface area contributed by atoms with Gasteiger partial charge in [-0.2, -0.15) is 0 Å². The van der Waals surface area contributed by atoms with E-state index in [0.717, 1.165) is 29.9 Å². The predicted molar refractivity (Wildman–Crippen MR) is 92.6 cm³/mol. The lowest BCUT2D eigenvalue weighted by Gasteiger charge is -2.31. The molecule has 1 aliphatic rings. The average molecular weight is 314 g/mol. The first-order chi connectivity index (χ1) is 10.6. The molecule has 0 radical (unpaired) electrons. The summed E-state index contributed by atoms with van der Waals surface area (Å²) in [6.07, 6.45) is 2.50. The van der Waals surface area contributed by atoms with Crippen molar-refractivity contribution in [3.8, 4) is 0 Å². The number of hydrogen-bond donors (Lipinski definition) is 1. The highest BCUT2D eigenvalue weighted by Gasteiger charge is 2.42. The summed E-state index contributed by atoms with van der Waals surface area (Å²) in [6.45, 7) is 2.06. The Bertz CT molecular complexity index is 610. The van der Waals surface area contributed by atoms with Crippen LogP contribution in [0.15, 0.2) is 60.7 Å². The van der Waals surface area contributed by atoms with Crippen molar-refractivity contribution >= 4 is 17.8 Å². The molecule has 2 nitrogen and oxygen atoms in total. The van der Waals surface area contributed by atoms with Crippen LogP contribution in [0.3, 0.4) is 0 Å². The van der Waals surface area contributed by atoms with Crippen molar-refractivity contribution in [1.29, 1.82) is 0 Å². The van der Waals surface area contributed by atoms with Gasteiger partial charge in [-0.1, -0.05) is 74.0 Å². The van der Waals surface area contributed by atoms with Crippen LogP contribution >= 0.6 is 7.14 Å². The van der Waals surface area contributed by atoms with Crippen molar-refractivity contribution in [3.05, 3.63) is 60.7 Å². The normalized spacial score (nSPS) is 23.4. The van der Waals surface area contributed by atoms with Crippen LogP contribution in [0.5, 0.6) is 0 Å². The van der Waals surface area contributed by atoms with Gasteiger partial charge in [-0.3, -0.25) is 0 Å². The Kier molecular flexibility index (Phi) is 4.52. The maximum atomic E-state index is 14.1. The van der Waals surface area contributed by atoms with E-state index in [-0.39, 0.29) is 17.7 Å². The summed E-state index contributed by atoms with van der Waals surface area (Å²) >= 11 is 0. The van der Waals surface area contributed by atoms with Gasteiger partial charge in [-0.15, -0.1) is 0 Å². The van der Waals surface area contributed by atoms with Crippen LogP contribution in [0.25, 0.3) is 0 Å². The van der Waals surface area contributed by atoms with E-state index in [9.17, 15) is 9.67 Å². The van der Waals surface area contributed by atoms with E-state index >= 15 is 0 Å². The zero-order valence-electron chi connectivity index (χ0n) is 12.9. The molecule has 1 saturated carbocycles. The second-order valence-electron chi connectivity index (χ2n) is 6.23. The highest BCUT2D eigenvalue weighted by atomic mass is 31.2. The number of aliphatic hydroxyl groups is 1. The Morgan fingerprint density at radius 1 is 0.955 bits per heavy atom. The molecule has 1 fully saturated rings. The first-order valence-corrected chi connectivity index (χ1v) is 9.80. The first-order valence-electron chi connectivity index (χ1n) is 8.03. The standard InChI is InChI=1S/C19H23O2P/c1-15(18-13-8-14-19(18)20)22(21,16-9-4-2-5-10-16)17-11-6-3-7-12-17/h2-7,9-12,15,18-20H,8,13-14H2,1H3/t15-,18-,19-/m0/s1. The van der Waals surface area contributed by atoms with Crippen LogP contribution in [0, 0.1) is 5.92 Å². The van der Waals surface area contributed by atoms with Crippen LogP contribution in [0.2, 0.25) is 0 Å². The van der Waals surface area contributed by atoms with Gasteiger partial charge in [0.2, 0.25) is 0 Å². The molecule has 0 amide bonds. The van der Waals surface area contributed by atoms with Crippen molar-refractivity contribution in [2.75, 3.05) is 0 Å². The lowest BCUT2D eigenvalue weighted by molar-refractivity contribution is 0.132. The van der Waals surface area contributed by atoms with E-state index in [4.69, 9.17) is 0 Å². The number of aliphatic hydroxyl groups excluding tert-OH is 1. The zero-order valence-corrected chi connectivity index (χ0v) is 13.8. The molecule has 0 heterocycles. The van der Waals surface area contributed by atoms with E-state index in [1.54, 1.807) is 0 Å². The largest absolute Gasteiger partial charge is 0.393 e. The Balaban J connectivity index is 2.10. The number of rotatable bonds is 4. The molecule has 0 aromatic heterocycles. The highest BCUT2D eigenvalue weighted by Crippen LogP contribution is 2.54. The molecule has 2 aromatic carbocycles. The Labute approximate surface area is 132 Å². The van der Waals surface area contributed by atoms with E-state index in [2.05, 4.69) is 6.92 Å². The molecule has 0 saturated heterocycles. The molecule has 0 unspecified atom stereocenters. The van der Waals surface area contributed by atoms with E-state index in [1.165, 1.54) is 0 Å². The minimum Gasteiger partial charge on any atom is -0.393 e. The average Bonchev–Trinajstić information content (AvgIpc) is 3.01. The van der Waals surface area contributed by atoms with Gasteiger partial charge in [0.05, 0.1) is 6.10 Å². The third kappa shape index (κ3) is 2.66. The molecule has 3 rings (SSSR count). The Morgan fingerprint density at radius 2 is 1.45 bits per heavy atom. The van der Waals surface area contributed by atoms with E-state index < -0.39 is 7.14 Å². The van der Waals surface area contributed by atoms with Crippen molar-refractivity contribution in [2.24, 2.45) is 5.92 Å². The van der Waals surface area contributed by atoms with Crippen LogP contribution in [0.4, 0.5) is 0 Å². The maximum Gasteiger partial charge on any atom is 0.146 e. The highest BCUT2D eigenvalue weighted by molar-refractivity contribution is 7.79. The number of benzene rings is 2. The number of hydrogen-bond acceptors (Lipinski definition) is 2. The van der Waals surface area contributed by atoms with Gasteiger partial charge in [0.1, 0.15) is 7.14 Å². The minimum absolute atomic E-state index is 0.0465. The second kappa shape index (κ2) is 6.40. The first kappa shape index (κ1) is 15.5. The second-order valence-corrected chi connectivity index (χ2v) is 9.40. The van der Waals surface area contributed by atoms with Crippen molar-refractivity contribution in [3.63, 3.8) is 0 Å². The summed E-state index contributed by atoms with van der Waals surface area (Å²) in [5, 5.41) is 12.1. The maximum absolute atomic E-state index is 14.1. The van der Waals surface area contributed by atoms with Crippen LogP contribution in [-0.2, 0) is 4.57 Å². The van der Waals surface area contributed by atoms with Gasteiger partial charge in [0.15, 0.2) is 0 Å². The van der Waals surface area contributed by atoms with Gasteiger partial charge in [-0.25, -0.2) is 0 Å². The molecule has 22 heavy (non-hydrogen) atoms. The molecule has 116 valence electrons. The van der Waals surface area contributed by atoms with Crippen molar-refractivity contribution in [1.82, 2.24) is 0 Å². The molecule has 2 aromatic rings. The fraction of sp³-hybridized carbons (Fsp3) is 0.368. The summed E-state index contributed by atoms with van der Waals surface area (Å²) in [5.41, 5.74) is -0.0465. The molecule has 1 aliphatic carbocycles. The summed E-state index contributed by atoms with van der Waals surface area (Å²) in [5.74, 6) is 0.117. The lowest BCUT2D eigenvalue weighted by atomic mass is 10.0. The van der Waals surface area contributed by atoms with Crippen molar-refractivity contribution < 1.29 is 9.67 Å². The van der Waals surface area contributed by atoms with Crippen LogP contribution < -0.4 is 10.6 Å². The van der Waals surface area contributed by atoms with Gasteiger partial charge >= 0.3 is 0 Å². The van der Waals surface area contributed by atoms with Gasteiger partial charge < -0.3 is 9.67 Å². The monoisotopic (exact) mass is 314 g/mol. The Hall–Kier alpha value is -1.37. The fourth-order valence-corrected chi connectivity index (χ4v) is 7.08. The van der Waals surface area contributed by atoms with E-state index in [1.807, 2.05) is 60.7 Å². The minimum atomic E-state index is -2.76. The fourth-order valence-electron chi connectivity index (χ4n) is 3.72. The van der Waals surface area contributed by atoms with Gasteiger partial charge in [-0.05, 0) is 18.8 Å². The lowest BCUT2D eigenvalue weighted by Crippen LogP contribution is -2.32. The van der Waals surface area contributed by atoms with Crippen LogP contribution in [-0.4, -0.2) is 16.9 Å². The molecular formula is C19H23O2P. The van der Waals surface area contributed by atoms with Gasteiger partial charge in [0, 0.05) is 16.3 Å². The van der Waals surface area contributed by atoms with Crippen molar-refractivity contribution in [2.45, 2.75) is 37.9 Å². The predicted octanol–water partition coefficient (Wildman–Crippen LogP) is 3.55. The summed E-state index contributed by atoms with van der Waals surface area (Å²) in [4.78, 5) is 0. The quantitative estimate of drug-likeness (QED) is 0.876. The molecule has 3 heteroatoms. The molecule has 3 atom stereocenters. The SMILES string of the molecule is C[C@@H]([C@@H]1CCC[C@@H]1O)P(=O)(c1ccccc1)c1ccccc1. The zero-order chi connectivity index (χ0) is 15.6. The molecule has 0 spiro atoms. The molecular weight excluding hydrogens is 291 g/mol. The third-order valence-corrected chi connectivity index (χ3v) is 8.66. The summed E-state index contributed by atoms with van der Waals surface area (Å²) < 4.78 is 14.1. The molecule has 1 N–H and O–H groups in total.